The first-order valence-corrected chi connectivity index (χ1v) is 32.9. The Labute approximate surface area is 524 Å². The van der Waals surface area contributed by atoms with E-state index in [-0.39, 0.29) is 164 Å². The third-order valence-electron chi connectivity index (χ3n) is 15.5. The van der Waals surface area contributed by atoms with Gasteiger partial charge in [-0.3, -0.25) is 38.4 Å². The number of carbonyl (C=O) groups excluding carboxylic acids is 11. The molecule has 0 aliphatic carbocycles. The molecule has 0 spiro atoms. The van der Waals surface area contributed by atoms with Crippen molar-refractivity contribution in [2.45, 2.75) is 277 Å². The molecule has 0 heterocycles. The zero-order valence-corrected chi connectivity index (χ0v) is 57.6. The van der Waals surface area contributed by atoms with Crippen LogP contribution in [0.4, 0.5) is 14.4 Å². The van der Waals surface area contributed by atoms with Crippen LogP contribution in [0.2, 0.25) is 0 Å². The van der Waals surface area contributed by atoms with E-state index in [0.29, 0.717) is 63.8 Å². The van der Waals surface area contributed by atoms with E-state index in [2.05, 4.69) is 70.2 Å². The van der Waals surface area contributed by atoms with Gasteiger partial charge in [-0.15, -0.1) is 0 Å². The minimum atomic E-state index is -0.873. The average molecular weight is 1230 g/mol. The number of hydrogen-bond donors (Lipinski definition) is 8. The monoisotopic (exact) mass is 1230 g/mol. The van der Waals surface area contributed by atoms with Crippen molar-refractivity contribution in [2.75, 3.05) is 19.6 Å². The van der Waals surface area contributed by atoms with Crippen LogP contribution in [0.3, 0.4) is 0 Å². The molecule has 0 aliphatic heterocycles. The van der Waals surface area contributed by atoms with E-state index >= 15 is 0 Å². The highest BCUT2D eigenvalue weighted by atomic mass is 16.6. The molecule has 10 atom stereocenters. The highest BCUT2D eigenvalue weighted by Gasteiger charge is 2.32. The molecule has 20 heteroatoms. The fourth-order valence-electron chi connectivity index (χ4n) is 10.3. The molecular formula is C67H122N8O12. The number of amides is 8. The highest BCUT2D eigenvalue weighted by Crippen LogP contribution is 2.22. The Morgan fingerprint density at radius 3 is 1.39 bits per heavy atom. The molecule has 0 saturated carbocycles. The Kier molecular flexibility index (Phi) is 39.8. The standard InChI is InChI=1S/C67H122N8O12/c1-21-53(76)25-23-52(29-41(4)5)72-65(85)68-37-46(14)32-54(77)26-27-56(45(12)13)75-66(86)69-38-50(28-40(2)3)35-55(78)24-22-49(17)71-64(84)70-39-51(44(10)11)36-60(80)58(31-43(8)9)74-62(82)47(15)33-59(79)57(30-42(6)7)73-63(83)48(16)34-61(81)87-67(18,19)20/h40-52,56-58H,21-39H2,1-20H3,(H,73,83)(H,74,82)(H2,68,72,85)(H2,69,75,86)(H2,70,71,84)/t46-,47-,48-,49+,50-,51-,52-,56-,57+,58+/m1/s1. The summed E-state index contributed by atoms with van der Waals surface area (Å²) in [6.45, 7) is 38.7. The van der Waals surface area contributed by atoms with Gasteiger partial charge in [-0.05, 0) is 126 Å². The summed E-state index contributed by atoms with van der Waals surface area (Å²) in [6.07, 6.45) is 5.30. The first-order chi connectivity index (χ1) is 40.3. The number of ketones is 5. The van der Waals surface area contributed by atoms with Crippen molar-refractivity contribution in [1.82, 2.24) is 42.5 Å². The van der Waals surface area contributed by atoms with Gasteiger partial charge in [0, 0.05) is 101 Å². The van der Waals surface area contributed by atoms with Gasteiger partial charge in [0.25, 0.3) is 0 Å². The molecule has 0 aromatic rings. The van der Waals surface area contributed by atoms with Crippen molar-refractivity contribution < 1.29 is 57.5 Å². The summed E-state index contributed by atoms with van der Waals surface area (Å²) < 4.78 is 5.37. The van der Waals surface area contributed by atoms with Gasteiger partial charge in [0.2, 0.25) is 11.8 Å². The van der Waals surface area contributed by atoms with Crippen LogP contribution in [-0.4, -0.2) is 120 Å². The molecule has 0 bridgehead atoms. The van der Waals surface area contributed by atoms with E-state index in [1.54, 1.807) is 34.6 Å². The Bertz CT molecular complexity index is 2160. The Balaban J connectivity index is 5.32. The summed E-state index contributed by atoms with van der Waals surface area (Å²) in [6, 6.07) is -3.54. The summed E-state index contributed by atoms with van der Waals surface area (Å²) in [5, 5.41) is 23.4. The quantitative estimate of drug-likeness (QED) is 0.0264. The molecule has 0 saturated heterocycles. The van der Waals surface area contributed by atoms with Crippen molar-refractivity contribution in [3.63, 3.8) is 0 Å². The molecule has 502 valence electrons. The SMILES string of the molecule is CCC(=O)CC[C@H](CC(C)C)NC(=O)NC[C@H](C)CC(=O)CC[C@@H](NC(=O)NC[C@@H](CC(=O)CC[C@H](C)NC(=O)NC[C@@H](CC(=O)[C@H](CC(C)C)NC(=O)[C@H](C)CC(=O)[C@H](CC(C)C)NC(=O)[C@H](C)CC(=O)OC(C)(C)C)C(C)C)CC(C)C)C(C)C. The molecule has 0 aromatic carbocycles. The summed E-state index contributed by atoms with van der Waals surface area (Å²) in [5.74, 6) is -3.01. The van der Waals surface area contributed by atoms with Crippen LogP contribution in [0.25, 0.3) is 0 Å². The zero-order chi connectivity index (χ0) is 66.9. The Hall–Kier alpha value is -5.43. The molecule has 8 amide bonds. The lowest BCUT2D eigenvalue weighted by Crippen LogP contribution is -2.48. The van der Waals surface area contributed by atoms with Crippen molar-refractivity contribution >= 4 is 64.8 Å². The summed E-state index contributed by atoms with van der Waals surface area (Å²) in [5.41, 5.74) is -0.707. The van der Waals surface area contributed by atoms with E-state index < -0.39 is 53.3 Å². The minimum Gasteiger partial charge on any atom is -0.460 e. The first-order valence-electron chi connectivity index (χ1n) is 32.9. The largest absolute Gasteiger partial charge is 0.460 e. The molecule has 87 heavy (non-hydrogen) atoms. The maximum atomic E-state index is 14.0. The lowest BCUT2D eigenvalue weighted by molar-refractivity contribution is -0.157. The predicted octanol–water partition coefficient (Wildman–Crippen LogP) is 10.5. The van der Waals surface area contributed by atoms with Crippen LogP contribution in [0, 0.1) is 65.1 Å². The molecule has 0 unspecified atom stereocenters. The third-order valence-corrected chi connectivity index (χ3v) is 15.5. The number of rotatable bonds is 45. The lowest BCUT2D eigenvalue weighted by Gasteiger charge is -2.27. The van der Waals surface area contributed by atoms with Crippen molar-refractivity contribution in [2.24, 2.45) is 65.1 Å². The van der Waals surface area contributed by atoms with E-state index in [9.17, 15) is 52.7 Å². The van der Waals surface area contributed by atoms with Gasteiger partial charge in [0.05, 0.1) is 18.5 Å². The van der Waals surface area contributed by atoms with Crippen LogP contribution in [-0.2, 0) is 43.1 Å². The van der Waals surface area contributed by atoms with Crippen molar-refractivity contribution in [1.29, 1.82) is 0 Å². The maximum Gasteiger partial charge on any atom is 0.315 e. The van der Waals surface area contributed by atoms with Gasteiger partial charge in [0.15, 0.2) is 11.6 Å². The fourth-order valence-corrected chi connectivity index (χ4v) is 10.3. The Morgan fingerprint density at radius 2 is 0.885 bits per heavy atom. The molecule has 8 N–H and O–H groups in total. The second kappa shape index (κ2) is 42.5. The zero-order valence-electron chi connectivity index (χ0n) is 57.6. The van der Waals surface area contributed by atoms with Crippen LogP contribution < -0.4 is 42.5 Å². The van der Waals surface area contributed by atoms with Gasteiger partial charge >= 0.3 is 24.1 Å². The number of nitrogens with one attached hydrogen (secondary N) is 8. The topological polar surface area (TPSA) is 293 Å². The lowest BCUT2D eigenvalue weighted by atomic mass is 9.86. The van der Waals surface area contributed by atoms with Crippen LogP contribution >= 0.6 is 0 Å². The smallest absolute Gasteiger partial charge is 0.315 e. The van der Waals surface area contributed by atoms with Crippen LogP contribution in [0.15, 0.2) is 0 Å². The first kappa shape index (κ1) is 81.6. The van der Waals surface area contributed by atoms with E-state index in [4.69, 9.17) is 4.74 Å². The molecule has 0 rings (SSSR count). The number of carbonyl (C=O) groups is 11. The number of urea groups is 3. The molecule has 0 aliphatic rings. The second-order valence-corrected chi connectivity index (χ2v) is 28.6. The maximum absolute atomic E-state index is 14.0. The molecule has 20 nitrogen and oxygen atoms in total. The number of ether oxygens (including phenoxy) is 1. The molecular weight excluding hydrogens is 1110 g/mol. The average Bonchev–Trinajstić information content (AvgIpc) is 3.44. The minimum absolute atomic E-state index is 0.00942. The summed E-state index contributed by atoms with van der Waals surface area (Å²) in [4.78, 5) is 144. The van der Waals surface area contributed by atoms with Crippen LogP contribution in [0.1, 0.15) is 241 Å². The van der Waals surface area contributed by atoms with E-state index in [1.807, 2.05) is 76.2 Å². The van der Waals surface area contributed by atoms with E-state index in [0.717, 1.165) is 6.42 Å². The van der Waals surface area contributed by atoms with Crippen molar-refractivity contribution in [3.05, 3.63) is 0 Å². The van der Waals surface area contributed by atoms with Gasteiger partial charge in [-0.25, -0.2) is 14.4 Å². The fraction of sp³-hybridized carbons (Fsp3) is 0.836. The highest BCUT2D eigenvalue weighted by molar-refractivity contribution is 5.95. The van der Waals surface area contributed by atoms with Crippen molar-refractivity contribution in [3.8, 4) is 0 Å². The Morgan fingerprint density at radius 1 is 0.425 bits per heavy atom. The van der Waals surface area contributed by atoms with Gasteiger partial charge in [-0.1, -0.05) is 111 Å². The number of esters is 1. The van der Waals surface area contributed by atoms with E-state index in [1.165, 1.54) is 0 Å². The normalized spacial score (nSPS) is 15.3. The molecule has 0 aromatic heterocycles. The molecule has 0 radical (unpaired) electrons. The van der Waals surface area contributed by atoms with Gasteiger partial charge in [0.1, 0.15) is 23.0 Å². The number of hydrogen-bond acceptors (Lipinski definition) is 12. The van der Waals surface area contributed by atoms with Crippen LogP contribution in [0.5, 0.6) is 0 Å². The van der Waals surface area contributed by atoms with Gasteiger partial charge < -0.3 is 47.3 Å². The second-order valence-electron chi connectivity index (χ2n) is 28.6. The molecule has 0 fully saturated rings. The van der Waals surface area contributed by atoms with Gasteiger partial charge in [-0.2, -0.15) is 0 Å². The summed E-state index contributed by atoms with van der Waals surface area (Å²) in [7, 11) is 0. The predicted molar refractivity (Wildman–Crippen MR) is 344 cm³/mol. The number of Topliss-reactive ketones (excluding diaryl/α,β-unsaturated/α-hetero) is 5. The summed E-state index contributed by atoms with van der Waals surface area (Å²) >= 11 is 0. The third kappa shape index (κ3) is 40.0.